The molecule has 29 rings (SSSR count). The number of fused-ring (bicyclic) bond motifs is 21. The van der Waals surface area contributed by atoms with Gasteiger partial charge in [0.2, 0.25) is 11.9 Å². The highest BCUT2D eigenvalue weighted by molar-refractivity contribution is 6.15. The van der Waals surface area contributed by atoms with Gasteiger partial charge in [-0.2, -0.15) is 19.9 Å². The maximum Gasteiger partial charge on any atom is 0.238 e. The third-order valence-corrected chi connectivity index (χ3v) is 26.4. The van der Waals surface area contributed by atoms with Crippen molar-refractivity contribution in [3.8, 4) is 120 Å². The van der Waals surface area contributed by atoms with E-state index in [1.54, 1.807) is 0 Å². The average molecular weight is 1780 g/mol. The van der Waals surface area contributed by atoms with Crippen LogP contribution < -0.4 is 0 Å². The second-order valence-corrected chi connectivity index (χ2v) is 34.6. The smallest absolute Gasteiger partial charge is 0.238 e. The van der Waals surface area contributed by atoms with Crippen molar-refractivity contribution in [2.45, 2.75) is 0 Å². The van der Waals surface area contributed by atoms with Gasteiger partial charge in [-0.1, -0.05) is 340 Å². The molecule has 10 aromatic heterocycles. The Balaban J connectivity index is 0.000000105. The fourth-order valence-electron chi connectivity index (χ4n) is 19.9. The molecule has 0 aliphatic rings. The van der Waals surface area contributed by atoms with E-state index < -0.39 is 0 Å². The van der Waals surface area contributed by atoms with Crippen LogP contribution in [0.1, 0.15) is 0 Å². The molecule has 16 heteroatoms. The molecule has 16 nitrogen and oxygen atoms in total. The zero-order chi connectivity index (χ0) is 91.5. The van der Waals surface area contributed by atoms with E-state index in [2.05, 4.69) is 311 Å². The summed E-state index contributed by atoms with van der Waals surface area (Å²) < 4.78 is 31.7. The molecular formula is C123H74N12O4. The van der Waals surface area contributed by atoms with Crippen LogP contribution in [0.3, 0.4) is 0 Å². The zero-order valence-corrected chi connectivity index (χ0v) is 74.2. The van der Waals surface area contributed by atoms with Crippen molar-refractivity contribution in [2.75, 3.05) is 0 Å². The minimum atomic E-state index is 0.543. The quantitative estimate of drug-likeness (QED) is 0.113. The summed E-state index contributed by atoms with van der Waals surface area (Å²) in [5.41, 5.74) is 24.9. The van der Waals surface area contributed by atoms with Crippen molar-refractivity contribution in [3.63, 3.8) is 0 Å². The van der Waals surface area contributed by atoms with Crippen LogP contribution in [0.25, 0.3) is 273 Å². The molecule has 0 unspecified atom stereocenters. The Morgan fingerprint density at radius 2 is 0.417 bits per heavy atom. The number of benzene rings is 19. The van der Waals surface area contributed by atoms with Crippen molar-refractivity contribution < 1.29 is 17.7 Å². The van der Waals surface area contributed by atoms with Gasteiger partial charge in [-0.05, 0) is 120 Å². The molecule has 29 aromatic rings. The first-order valence-electron chi connectivity index (χ1n) is 46.2. The van der Waals surface area contributed by atoms with Crippen molar-refractivity contribution in [1.82, 2.24) is 58.6 Å². The third kappa shape index (κ3) is 13.8. The van der Waals surface area contributed by atoms with E-state index in [-0.39, 0.29) is 0 Å². The number of rotatable bonds is 12. The van der Waals surface area contributed by atoms with Crippen LogP contribution in [0.5, 0.6) is 0 Å². The molecule has 0 fully saturated rings. The summed E-state index contributed by atoms with van der Waals surface area (Å²) in [5.74, 6) is 5.36. The van der Waals surface area contributed by atoms with E-state index >= 15 is 0 Å². The molecule has 0 saturated carbocycles. The summed E-state index contributed by atoms with van der Waals surface area (Å²) >= 11 is 0. The maximum atomic E-state index is 6.41. The minimum Gasteiger partial charge on any atom is -0.456 e. The molecule has 0 bridgehead atoms. The van der Waals surface area contributed by atoms with Crippen LogP contribution in [-0.2, 0) is 0 Å². The first kappa shape index (κ1) is 79.5. The first-order chi connectivity index (χ1) is 68.9. The summed E-state index contributed by atoms with van der Waals surface area (Å²) in [6, 6.07) is 153. The second-order valence-electron chi connectivity index (χ2n) is 34.6. The monoisotopic (exact) mass is 1780 g/mol. The SMILES string of the molecule is c1cc(-c2nc(-c3ccc4c(c3)oc3ccccc34)nc(-n3c4ccccc4c4ccccc43)n2)cc(-c2cccc3c2oc2ccccc23)c1.c1ccc(-c2nc(-c3ccc(-c4cccc5c4oc4ccccc45)cc3)nc(-n3c4ccccc4c4ccccc43)n2)cc1.c1ccc(-c2nc(-c3cccc(-n4c5ccccc5c5ccccc54)c3)nc(-c3ccc4oc5ccccc5c4c3)n2)cc1. The van der Waals surface area contributed by atoms with Gasteiger partial charge in [-0.15, -0.1) is 0 Å². The summed E-state index contributed by atoms with van der Waals surface area (Å²) in [5, 5.41) is 15.7. The molecular weight excluding hydrogens is 1710 g/mol. The highest BCUT2D eigenvalue weighted by Gasteiger charge is 2.25. The van der Waals surface area contributed by atoms with Crippen LogP contribution in [-0.4, -0.2) is 58.6 Å². The van der Waals surface area contributed by atoms with Crippen LogP contribution in [0.15, 0.2) is 467 Å². The van der Waals surface area contributed by atoms with Gasteiger partial charge in [0.05, 0.1) is 33.1 Å². The Morgan fingerprint density at radius 3 is 0.885 bits per heavy atom. The van der Waals surface area contributed by atoms with Gasteiger partial charge in [0.25, 0.3) is 0 Å². The van der Waals surface area contributed by atoms with Gasteiger partial charge in [-0.25, -0.2) is 24.9 Å². The van der Waals surface area contributed by atoms with E-state index in [9.17, 15) is 0 Å². The third-order valence-electron chi connectivity index (χ3n) is 26.4. The molecule has 650 valence electrons. The average Bonchev–Trinajstić information content (AvgIpc) is 1.60. The van der Waals surface area contributed by atoms with Crippen molar-refractivity contribution >= 4 is 153 Å². The Labute approximate surface area is 792 Å². The van der Waals surface area contributed by atoms with Gasteiger partial charge in [0.15, 0.2) is 40.8 Å². The van der Waals surface area contributed by atoms with Crippen LogP contribution in [0.2, 0.25) is 0 Å². The van der Waals surface area contributed by atoms with Crippen LogP contribution >= 0.6 is 0 Å². The highest BCUT2D eigenvalue weighted by Crippen LogP contribution is 2.44. The first-order valence-corrected chi connectivity index (χ1v) is 46.2. The second kappa shape index (κ2) is 32.9. The largest absolute Gasteiger partial charge is 0.456 e. The van der Waals surface area contributed by atoms with Gasteiger partial charge >= 0.3 is 0 Å². The lowest BCUT2D eigenvalue weighted by atomic mass is 10.0. The number of para-hydroxylation sites is 12. The number of nitrogens with zero attached hydrogens (tertiary/aromatic N) is 12. The van der Waals surface area contributed by atoms with E-state index in [0.717, 1.165) is 209 Å². The summed E-state index contributed by atoms with van der Waals surface area (Å²) in [4.78, 5) is 45.6. The minimum absolute atomic E-state index is 0.543. The highest BCUT2D eigenvalue weighted by atomic mass is 16.3. The lowest BCUT2D eigenvalue weighted by Crippen LogP contribution is -2.06. The van der Waals surface area contributed by atoms with E-state index in [4.69, 9.17) is 62.5 Å². The van der Waals surface area contributed by atoms with Gasteiger partial charge in [0, 0.05) is 131 Å². The molecule has 19 aromatic carbocycles. The van der Waals surface area contributed by atoms with E-state index in [0.29, 0.717) is 52.7 Å². The number of hydrogen-bond acceptors (Lipinski definition) is 13. The molecule has 139 heavy (non-hydrogen) atoms. The fraction of sp³-hybridized carbons (Fsp3) is 0. The molecule has 0 aliphatic carbocycles. The summed E-state index contributed by atoms with van der Waals surface area (Å²) in [7, 11) is 0. The van der Waals surface area contributed by atoms with Crippen LogP contribution in [0, 0.1) is 0 Å². The molecule has 10 heterocycles. The Kier molecular flexibility index (Phi) is 18.8. The predicted octanol–water partition coefficient (Wildman–Crippen LogP) is 31.5. The van der Waals surface area contributed by atoms with Crippen molar-refractivity contribution in [3.05, 3.63) is 449 Å². The topological polar surface area (TPSA) is 183 Å². The lowest BCUT2D eigenvalue weighted by molar-refractivity contribution is 0.668. The Morgan fingerprint density at radius 1 is 0.144 bits per heavy atom. The number of hydrogen-bond donors (Lipinski definition) is 0. The van der Waals surface area contributed by atoms with Gasteiger partial charge < -0.3 is 22.2 Å². The summed E-state index contributed by atoms with van der Waals surface area (Å²) in [6.07, 6.45) is 0. The van der Waals surface area contributed by atoms with Gasteiger partial charge in [-0.3, -0.25) is 9.13 Å². The van der Waals surface area contributed by atoms with Crippen molar-refractivity contribution in [1.29, 1.82) is 0 Å². The van der Waals surface area contributed by atoms with Crippen LogP contribution in [0.4, 0.5) is 0 Å². The Hall–Kier alpha value is -19.2. The fourth-order valence-corrected chi connectivity index (χ4v) is 19.9. The molecule has 0 atom stereocenters. The summed E-state index contributed by atoms with van der Waals surface area (Å²) in [6.45, 7) is 0. The number of aromatic nitrogens is 12. The van der Waals surface area contributed by atoms with E-state index in [1.807, 2.05) is 152 Å². The Bertz CT molecular complexity index is 9800. The number of furan rings is 4. The standard InChI is InChI=1S/C45H26N4O2.2C39H24N4O/c1-5-19-37-31(13-1)32-14-2-6-20-38(32)49(37)45-47-43(46-44(48-45)29-23-24-35-33-15-3-7-21-39(33)50-41(35)26-29)28-12-9-11-27(25-28)30-17-10-18-36-34-16-4-8-22-40(34)51-42(30)36;1-2-11-25(12-3-1)37-40-38(42-39(41-37)27-21-22-36-32(24-27)31-17-6-9-20-35(31)44-36)26-13-10-14-28(23-26)43-33-18-7-4-15-29(33)30-16-5-8-19-34(30)43;1-2-11-26(12-3-1)37-40-38(42-39(41-37)43-33-18-7-4-13-29(33)30-14-5-8-19-34(30)43)27-23-21-25(22-24-27)28-16-10-17-32-31-15-6-9-20-35(31)44-36(28)32/h1-26H;2*1-24H. The molecule has 0 aliphatic heterocycles. The molecule has 0 amide bonds. The molecule has 0 spiro atoms. The zero-order valence-electron chi connectivity index (χ0n) is 74.2. The molecule has 0 radical (unpaired) electrons. The normalized spacial score (nSPS) is 11.7. The maximum absolute atomic E-state index is 6.41. The van der Waals surface area contributed by atoms with E-state index in [1.165, 1.54) is 10.8 Å². The predicted molar refractivity (Wildman–Crippen MR) is 561 cm³/mol. The van der Waals surface area contributed by atoms with Crippen molar-refractivity contribution in [2.24, 2.45) is 0 Å². The lowest BCUT2D eigenvalue weighted by Gasteiger charge is -2.12. The van der Waals surface area contributed by atoms with Gasteiger partial charge in [0.1, 0.15) is 44.7 Å². The molecule has 0 saturated heterocycles. The molecule has 0 N–H and O–H groups in total.